The maximum atomic E-state index is 3.63. The highest BCUT2D eigenvalue weighted by Crippen LogP contribution is 2.10. The molecule has 3 nitrogen and oxygen atoms in total. The van der Waals surface area contributed by atoms with E-state index < -0.39 is 0 Å². The van der Waals surface area contributed by atoms with E-state index in [1.165, 1.54) is 63.7 Å². The lowest BCUT2D eigenvalue weighted by molar-refractivity contribution is 0.125. The van der Waals surface area contributed by atoms with E-state index >= 15 is 0 Å². The first-order valence-corrected chi connectivity index (χ1v) is 7.80. The van der Waals surface area contributed by atoms with Gasteiger partial charge in [-0.1, -0.05) is 6.92 Å². The van der Waals surface area contributed by atoms with Gasteiger partial charge in [0.05, 0.1) is 0 Å². The lowest BCUT2D eigenvalue weighted by Gasteiger charge is -2.37. The van der Waals surface area contributed by atoms with Crippen LogP contribution >= 0.6 is 11.8 Å². The molecule has 0 amide bonds. The summed E-state index contributed by atoms with van der Waals surface area (Å²) >= 11 is 2.10. The second kappa shape index (κ2) is 6.84. The molecule has 4 heteroatoms. The third-order valence-electron chi connectivity index (χ3n) is 3.48. The Kier molecular flexibility index (Phi) is 5.42. The Labute approximate surface area is 104 Å². The Hall–Kier alpha value is 0.230. The summed E-state index contributed by atoms with van der Waals surface area (Å²) in [6, 6.07) is 0.733. The van der Waals surface area contributed by atoms with E-state index in [0.29, 0.717) is 0 Å². The molecule has 0 radical (unpaired) electrons. The van der Waals surface area contributed by atoms with Crippen molar-refractivity contribution in [3.63, 3.8) is 0 Å². The van der Waals surface area contributed by atoms with Gasteiger partial charge >= 0.3 is 0 Å². The van der Waals surface area contributed by atoms with Crippen LogP contribution in [0, 0.1) is 0 Å². The Morgan fingerprint density at radius 2 is 1.94 bits per heavy atom. The lowest BCUT2D eigenvalue weighted by Crippen LogP contribution is -2.52. The molecule has 0 aromatic rings. The van der Waals surface area contributed by atoms with Crippen molar-refractivity contribution in [1.29, 1.82) is 0 Å². The van der Waals surface area contributed by atoms with Gasteiger partial charge in [-0.05, 0) is 13.0 Å². The van der Waals surface area contributed by atoms with Crippen LogP contribution in [0.5, 0.6) is 0 Å². The minimum atomic E-state index is 0.733. The first-order valence-electron chi connectivity index (χ1n) is 6.64. The summed E-state index contributed by atoms with van der Waals surface area (Å²) in [6.07, 6.45) is 1.29. The maximum Gasteiger partial charge on any atom is 0.0285 e. The van der Waals surface area contributed by atoms with Gasteiger partial charge in [0.2, 0.25) is 0 Å². The Balaban J connectivity index is 1.64. The molecule has 0 spiro atoms. The third kappa shape index (κ3) is 3.91. The molecule has 94 valence electrons. The van der Waals surface area contributed by atoms with E-state index in [1.807, 2.05) is 0 Å². The fourth-order valence-electron chi connectivity index (χ4n) is 2.56. The van der Waals surface area contributed by atoms with Gasteiger partial charge < -0.3 is 10.2 Å². The van der Waals surface area contributed by atoms with Gasteiger partial charge in [-0.25, -0.2) is 0 Å². The highest BCUT2D eigenvalue weighted by molar-refractivity contribution is 7.99. The number of hydrogen-bond acceptors (Lipinski definition) is 4. The molecular weight excluding hydrogens is 218 g/mol. The van der Waals surface area contributed by atoms with Crippen molar-refractivity contribution in [2.24, 2.45) is 0 Å². The fraction of sp³-hybridized carbons (Fsp3) is 1.00. The molecule has 0 aromatic carbocycles. The summed E-state index contributed by atoms with van der Waals surface area (Å²) in [5.41, 5.74) is 0. The fourth-order valence-corrected chi connectivity index (χ4v) is 3.50. The molecule has 16 heavy (non-hydrogen) atoms. The van der Waals surface area contributed by atoms with Gasteiger partial charge in [-0.3, -0.25) is 4.90 Å². The predicted octanol–water partition coefficient (Wildman–Crippen LogP) is 0.719. The number of hydrogen-bond donors (Lipinski definition) is 1. The number of nitrogens with zero attached hydrogens (tertiary/aromatic N) is 2. The van der Waals surface area contributed by atoms with Crippen molar-refractivity contribution in [1.82, 2.24) is 15.1 Å². The molecule has 2 aliphatic heterocycles. The molecule has 0 aromatic heterocycles. The average molecular weight is 243 g/mol. The van der Waals surface area contributed by atoms with Gasteiger partial charge in [0.25, 0.3) is 0 Å². The van der Waals surface area contributed by atoms with Crippen LogP contribution in [0.25, 0.3) is 0 Å². The molecular formula is C12H25N3S. The van der Waals surface area contributed by atoms with Crippen LogP contribution in [0.15, 0.2) is 0 Å². The molecule has 2 rings (SSSR count). The minimum absolute atomic E-state index is 0.733. The largest absolute Gasteiger partial charge is 0.311 e. The normalized spacial score (nSPS) is 29.4. The highest BCUT2D eigenvalue weighted by Gasteiger charge is 2.20. The zero-order chi connectivity index (χ0) is 11.2. The first-order chi connectivity index (χ1) is 7.88. The van der Waals surface area contributed by atoms with Crippen LogP contribution in [0.3, 0.4) is 0 Å². The van der Waals surface area contributed by atoms with Crippen LogP contribution in [0.4, 0.5) is 0 Å². The summed E-state index contributed by atoms with van der Waals surface area (Å²) in [5, 5.41) is 3.63. The van der Waals surface area contributed by atoms with Crippen molar-refractivity contribution in [3.05, 3.63) is 0 Å². The number of nitrogens with one attached hydrogen (secondary N) is 1. The average Bonchev–Trinajstić information content (AvgIpc) is 2.33. The maximum absolute atomic E-state index is 3.63. The van der Waals surface area contributed by atoms with Gasteiger partial charge in [0.15, 0.2) is 0 Å². The molecule has 0 saturated carbocycles. The lowest BCUT2D eigenvalue weighted by atomic mass is 10.2. The van der Waals surface area contributed by atoms with E-state index in [9.17, 15) is 0 Å². The summed E-state index contributed by atoms with van der Waals surface area (Å²) in [6.45, 7) is 11.1. The van der Waals surface area contributed by atoms with Crippen LogP contribution in [0.1, 0.15) is 13.3 Å². The Morgan fingerprint density at radius 3 is 2.56 bits per heavy atom. The highest BCUT2D eigenvalue weighted by atomic mass is 32.2. The molecule has 2 fully saturated rings. The second-order valence-electron chi connectivity index (χ2n) is 4.87. The van der Waals surface area contributed by atoms with Crippen LogP contribution in [-0.4, -0.2) is 73.2 Å². The van der Waals surface area contributed by atoms with Crippen molar-refractivity contribution in [2.75, 3.05) is 57.3 Å². The third-order valence-corrected chi connectivity index (χ3v) is 4.61. The smallest absolute Gasteiger partial charge is 0.0285 e. The topological polar surface area (TPSA) is 18.5 Å². The second-order valence-corrected chi connectivity index (χ2v) is 6.02. The zero-order valence-electron chi connectivity index (χ0n) is 10.5. The quantitative estimate of drug-likeness (QED) is 0.784. The Morgan fingerprint density at radius 1 is 1.19 bits per heavy atom. The van der Waals surface area contributed by atoms with Gasteiger partial charge in [-0.2, -0.15) is 11.8 Å². The monoisotopic (exact) mass is 243 g/mol. The molecule has 0 aliphatic carbocycles. The van der Waals surface area contributed by atoms with Crippen molar-refractivity contribution >= 4 is 11.8 Å². The number of rotatable bonds is 4. The summed E-state index contributed by atoms with van der Waals surface area (Å²) in [7, 11) is 0. The van der Waals surface area contributed by atoms with Gasteiger partial charge in [0.1, 0.15) is 0 Å². The number of thioether (sulfide) groups is 1. The van der Waals surface area contributed by atoms with E-state index in [4.69, 9.17) is 0 Å². The van der Waals surface area contributed by atoms with Crippen LogP contribution in [0.2, 0.25) is 0 Å². The summed E-state index contributed by atoms with van der Waals surface area (Å²) < 4.78 is 0. The molecule has 1 unspecified atom stereocenters. The standard InChI is InChI=1S/C12H25N3S/c1-2-4-14-5-7-15(8-6-14)10-12-11-16-9-3-13-12/h12-13H,2-11H2,1H3. The van der Waals surface area contributed by atoms with Gasteiger partial charge in [-0.15, -0.1) is 0 Å². The summed E-state index contributed by atoms with van der Waals surface area (Å²) in [4.78, 5) is 5.23. The van der Waals surface area contributed by atoms with Crippen LogP contribution in [-0.2, 0) is 0 Å². The predicted molar refractivity (Wildman–Crippen MR) is 72.3 cm³/mol. The molecule has 2 saturated heterocycles. The molecule has 1 N–H and O–H groups in total. The van der Waals surface area contributed by atoms with Gasteiger partial charge in [0, 0.05) is 56.8 Å². The van der Waals surface area contributed by atoms with Crippen molar-refractivity contribution < 1.29 is 0 Å². The van der Waals surface area contributed by atoms with E-state index in [0.717, 1.165) is 6.04 Å². The van der Waals surface area contributed by atoms with Crippen molar-refractivity contribution in [3.8, 4) is 0 Å². The summed E-state index contributed by atoms with van der Waals surface area (Å²) in [5.74, 6) is 2.59. The molecule has 0 bridgehead atoms. The number of piperazine rings is 1. The van der Waals surface area contributed by atoms with Crippen LogP contribution < -0.4 is 5.32 Å². The molecule has 2 aliphatic rings. The first kappa shape index (κ1) is 12.7. The SMILES string of the molecule is CCCN1CCN(CC2CSCCN2)CC1. The minimum Gasteiger partial charge on any atom is -0.311 e. The van der Waals surface area contributed by atoms with E-state index in [2.05, 4.69) is 33.8 Å². The molecule has 2 heterocycles. The zero-order valence-corrected chi connectivity index (χ0v) is 11.3. The van der Waals surface area contributed by atoms with Crippen molar-refractivity contribution in [2.45, 2.75) is 19.4 Å². The molecule has 1 atom stereocenters. The Bertz CT molecular complexity index is 187. The van der Waals surface area contributed by atoms with E-state index in [1.54, 1.807) is 0 Å². The van der Waals surface area contributed by atoms with E-state index in [-0.39, 0.29) is 0 Å².